The number of hydrogen-bond acceptors (Lipinski definition) is 3. The Morgan fingerprint density at radius 1 is 1.05 bits per heavy atom. The van der Waals surface area contributed by atoms with Gasteiger partial charge < -0.3 is 10.4 Å². The molecule has 1 amide bonds. The third-order valence-corrected chi connectivity index (χ3v) is 8.30. The molecule has 0 heterocycles. The average molecular weight is 520 g/mol. The number of amides is 1. The van der Waals surface area contributed by atoms with Crippen LogP contribution in [0.15, 0.2) is 77.2 Å². The lowest BCUT2D eigenvalue weighted by molar-refractivity contribution is -0.136. The topological polar surface area (TPSA) is 66.4 Å². The van der Waals surface area contributed by atoms with Crippen LogP contribution in [0.1, 0.15) is 77.2 Å². The molecule has 0 spiro atoms. The molecule has 0 fully saturated rings. The second-order valence-corrected chi connectivity index (χ2v) is 11.4. The summed E-state index contributed by atoms with van der Waals surface area (Å²) in [6.45, 7) is 6.84. The smallest absolute Gasteiger partial charge is 0.305 e. The van der Waals surface area contributed by atoms with Crippen molar-refractivity contribution in [2.45, 2.75) is 81.8 Å². The Balaban J connectivity index is 1.65. The lowest BCUT2D eigenvalue weighted by Crippen LogP contribution is -2.28. The third-order valence-electron chi connectivity index (χ3n) is 6.87. The van der Waals surface area contributed by atoms with Gasteiger partial charge in [-0.15, -0.1) is 11.8 Å². The highest BCUT2D eigenvalue weighted by atomic mass is 32.2. The fourth-order valence-corrected chi connectivity index (χ4v) is 5.88. The molecule has 0 aliphatic heterocycles. The summed E-state index contributed by atoms with van der Waals surface area (Å²) in [7, 11) is 0. The zero-order valence-electron chi connectivity index (χ0n) is 22.4. The van der Waals surface area contributed by atoms with E-state index in [0.29, 0.717) is 22.7 Å². The molecule has 2 atom stereocenters. The molecule has 198 valence electrons. The Kier molecular flexibility index (Phi) is 11.5. The van der Waals surface area contributed by atoms with Crippen molar-refractivity contribution in [2.75, 3.05) is 6.54 Å². The Labute approximate surface area is 226 Å². The van der Waals surface area contributed by atoms with E-state index in [9.17, 15) is 9.59 Å². The number of carbonyl (C=O) groups excluding carboxylic acids is 1. The quantitative estimate of drug-likeness (QED) is 0.196. The van der Waals surface area contributed by atoms with Gasteiger partial charge in [-0.25, -0.2) is 0 Å². The van der Waals surface area contributed by atoms with Gasteiger partial charge in [0.1, 0.15) is 0 Å². The molecule has 2 N–H and O–H groups in total. The fourth-order valence-electron chi connectivity index (χ4n) is 4.58. The van der Waals surface area contributed by atoms with E-state index in [0.717, 1.165) is 12.8 Å². The molecular weight excluding hydrogens is 478 g/mol. The monoisotopic (exact) mass is 519 g/mol. The highest BCUT2D eigenvalue weighted by molar-refractivity contribution is 8.00. The molecule has 2 aromatic rings. The van der Waals surface area contributed by atoms with Gasteiger partial charge in [0.2, 0.25) is 0 Å². The Hall–Kier alpha value is -2.79. The van der Waals surface area contributed by atoms with E-state index < -0.39 is 5.97 Å². The lowest BCUT2D eigenvalue weighted by Gasteiger charge is -2.26. The molecule has 2 aromatic carbocycles. The van der Waals surface area contributed by atoms with Crippen LogP contribution in [0.25, 0.3) is 11.1 Å². The van der Waals surface area contributed by atoms with E-state index in [1.54, 1.807) is 0 Å². The van der Waals surface area contributed by atoms with Crippen LogP contribution in [0.5, 0.6) is 0 Å². The molecular formula is C32H41NO3S. The van der Waals surface area contributed by atoms with Gasteiger partial charge in [0, 0.05) is 22.3 Å². The van der Waals surface area contributed by atoms with Crippen LogP contribution in [0.4, 0.5) is 0 Å². The van der Waals surface area contributed by atoms with Crippen molar-refractivity contribution in [3.8, 4) is 11.1 Å². The normalized spacial score (nSPS) is 15.9. The van der Waals surface area contributed by atoms with Gasteiger partial charge in [0.05, 0.1) is 6.42 Å². The predicted octanol–water partition coefficient (Wildman–Crippen LogP) is 8.00. The summed E-state index contributed by atoms with van der Waals surface area (Å²) in [5, 5.41) is 11.9. The van der Waals surface area contributed by atoms with Gasteiger partial charge >= 0.3 is 5.97 Å². The van der Waals surface area contributed by atoms with Gasteiger partial charge in [-0.05, 0) is 53.5 Å². The number of benzene rings is 2. The number of rotatable bonds is 14. The van der Waals surface area contributed by atoms with Crippen molar-refractivity contribution >= 4 is 23.6 Å². The third kappa shape index (κ3) is 9.23. The first-order chi connectivity index (χ1) is 17.9. The minimum Gasteiger partial charge on any atom is -0.481 e. The van der Waals surface area contributed by atoms with E-state index >= 15 is 0 Å². The van der Waals surface area contributed by atoms with Crippen molar-refractivity contribution in [1.82, 2.24) is 5.32 Å². The summed E-state index contributed by atoms with van der Waals surface area (Å²) >= 11 is 1.95. The molecule has 2 unspecified atom stereocenters. The molecule has 5 heteroatoms. The number of carboxylic acids is 1. The number of thioether (sulfide) groups is 1. The number of carbonyl (C=O) groups is 2. The number of unbranched alkanes of at least 4 members (excludes halogenated alkanes) is 3. The van der Waals surface area contributed by atoms with Crippen LogP contribution in [0, 0.1) is 5.92 Å². The molecule has 0 radical (unpaired) electrons. The summed E-state index contributed by atoms with van der Waals surface area (Å²) in [6, 6.07) is 17.7. The van der Waals surface area contributed by atoms with Gasteiger partial charge in [-0.2, -0.15) is 0 Å². The Morgan fingerprint density at radius 3 is 2.49 bits per heavy atom. The first kappa shape index (κ1) is 28.8. The minimum atomic E-state index is -0.909. The van der Waals surface area contributed by atoms with Gasteiger partial charge in [-0.3, -0.25) is 9.59 Å². The zero-order valence-corrected chi connectivity index (χ0v) is 23.2. The summed E-state index contributed by atoms with van der Waals surface area (Å²) in [4.78, 5) is 24.3. The van der Waals surface area contributed by atoms with Crippen molar-refractivity contribution in [3.63, 3.8) is 0 Å². The SMILES string of the molecule is CCCCCCC(Sc1ccc(-c2cccc(C(C)C)c2)cc1)C1C=CC(C(=O)NCCC(=O)O)=CC1. The minimum absolute atomic E-state index is 0.0657. The molecule has 0 bridgehead atoms. The first-order valence-electron chi connectivity index (χ1n) is 13.6. The number of hydrogen-bond donors (Lipinski definition) is 2. The summed E-state index contributed by atoms with van der Waals surface area (Å²) in [6.07, 6.45) is 12.9. The van der Waals surface area contributed by atoms with Crippen LogP contribution >= 0.6 is 11.8 Å². The van der Waals surface area contributed by atoms with E-state index in [1.807, 2.05) is 23.9 Å². The summed E-state index contributed by atoms with van der Waals surface area (Å²) in [5.41, 5.74) is 4.48. The first-order valence-corrected chi connectivity index (χ1v) is 14.5. The molecule has 37 heavy (non-hydrogen) atoms. The van der Waals surface area contributed by atoms with Crippen molar-refractivity contribution in [1.29, 1.82) is 0 Å². The molecule has 1 aliphatic carbocycles. The fraction of sp³-hybridized carbons (Fsp3) is 0.438. The largest absolute Gasteiger partial charge is 0.481 e. The highest BCUT2D eigenvalue weighted by Gasteiger charge is 2.23. The molecule has 1 aliphatic rings. The second kappa shape index (κ2) is 14.8. The summed E-state index contributed by atoms with van der Waals surface area (Å²) in [5.74, 6) is -0.226. The Morgan fingerprint density at radius 2 is 1.84 bits per heavy atom. The number of nitrogens with one attached hydrogen (secondary N) is 1. The number of aliphatic carboxylic acids is 1. The van der Waals surface area contributed by atoms with Crippen LogP contribution in [-0.4, -0.2) is 28.8 Å². The molecule has 0 saturated carbocycles. The van der Waals surface area contributed by atoms with E-state index in [4.69, 9.17) is 5.11 Å². The maximum absolute atomic E-state index is 12.4. The number of allylic oxidation sites excluding steroid dienone is 2. The van der Waals surface area contributed by atoms with Gasteiger partial charge in [0.15, 0.2) is 0 Å². The van der Waals surface area contributed by atoms with E-state index in [1.165, 1.54) is 47.3 Å². The van der Waals surface area contributed by atoms with Crippen LogP contribution in [0.3, 0.4) is 0 Å². The predicted molar refractivity (Wildman–Crippen MR) is 155 cm³/mol. The van der Waals surface area contributed by atoms with Crippen molar-refractivity contribution < 1.29 is 14.7 Å². The van der Waals surface area contributed by atoms with Crippen molar-refractivity contribution in [2.24, 2.45) is 5.92 Å². The Bertz CT molecular complexity index is 1090. The standard InChI is InChI=1S/C32H41NO3S/c1-4-5-6-7-11-30(25-12-14-26(15-13-25)32(36)33-21-20-31(34)35)37-29-18-16-24(17-19-29)28-10-8-9-27(22-28)23(2)3/h8-10,12,14-19,22-23,25,30H,4-7,11,13,20-21H2,1-3H3,(H,33,36)(H,34,35). The van der Waals surface area contributed by atoms with Gasteiger partial charge in [-0.1, -0.05) is 101 Å². The van der Waals surface area contributed by atoms with Crippen LogP contribution in [-0.2, 0) is 9.59 Å². The average Bonchev–Trinajstić information content (AvgIpc) is 2.90. The maximum atomic E-state index is 12.4. The molecule has 0 saturated heterocycles. The zero-order chi connectivity index (χ0) is 26.6. The van der Waals surface area contributed by atoms with Crippen LogP contribution in [0.2, 0.25) is 0 Å². The molecule has 4 nitrogen and oxygen atoms in total. The second-order valence-electron chi connectivity index (χ2n) is 10.1. The molecule has 3 rings (SSSR count). The van der Waals surface area contributed by atoms with Gasteiger partial charge in [0.25, 0.3) is 5.91 Å². The van der Waals surface area contributed by atoms with E-state index in [2.05, 4.69) is 80.7 Å². The van der Waals surface area contributed by atoms with Crippen molar-refractivity contribution in [3.05, 3.63) is 77.9 Å². The maximum Gasteiger partial charge on any atom is 0.305 e. The van der Waals surface area contributed by atoms with E-state index in [-0.39, 0.29) is 18.9 Å². The lowest BCUT2D eigenvalue weighted by atomic mass is 9.91. The highest BCUT2D eigenvalue weighted by Crippen LogP contribution is 2.37. The summed E-state index contributed by atoms with van der Waals surface area (Å²) < 4.78 is 0. The van der Waals surface area contributed by atoms with Crippen LogP contribution < -0.4 is 5.32 Å². The molecule has 0 aromatic heterocycles. The number of carboxylic acid groups (broad SMARTS) is 1.